The molecule has 0 aliphatic carbocycles. The van der Waals surface area contributed by atoms with Crippen LogP contribution in [0.2, 0.25) is 0 Å². The number of rotatable bonds is 4. The molecule has 1 rings (SSSR count). The van der Waals surface area contributed by atoms with Crippen LogP contribution in [0.4, 0.5) is 0 Å². The lowest BCUT2D eigenvalue weighted by Gasteiger charge is -2.19. The molecule has 0 aromatic carbocycles. The molecule has 14 heavy (non-hydrogen) atoms. The minimum Gasteiger partial charge on any atom is -0.341 e. The van der Waals surface area contributed by atoms with Crippen molar-refractivity contribution in [2.24, 2.45) is 11.7 Å². The van der Waals surface area contributed by atoms with Crippen molar-refractivity contribution in [2.45, 2.75) is 13.5 Å². The van der Waals surface area contributed by atoms with Gasteiger partial charge in [0, 0.05) is 26.1 Å². The van der Waals surface area contributed by atoms with Gasteiger partial charge in [-0.1, -0.05) is 6.92 Å². The van der Waals surface area contributed by atoms with Gasteiger partial charge in [-0.15, -0.1) is 0 Å². The highest BCUT2D eigenvalue weighted by atomic mass is 32.1. The summed E-state index contributed by atoms with van der Waals surface area (Å²) in [6, 6.07) is 2.03. The van der Waals surface area contributed by atoms with E-state index in [1.165, 1.54) is 5.56 Å². The van der Waals surface area contributed by atoms with Gasteiger partial charge < -0.3 is 10.6 Å². The monoisotopic (exact) mass is 212 g/mol. The van der Waals surface area contributed by atoms with Gasteiger partial charge in [0.2, 0.25) is 5.91 Å². The fourth-order valence-corrected chi connectivity index (χ4v) is 1.87. The molecular weight excluding hydrogens is 196 g/mol. The summed E-state index contributed by atoms with van der Waals surface area (Å²) >= 11 is 1.64. The Hall–Kier alpha value is -0.870. The summed E-state index contributed by atoms with van der Waals surface area (Å²) in [7, 11) is 1.81. The molecule has 78 valence electrons. The third-order valence-corrected chi connectivity index (χ3v) is 2.88. The first-order valence-electron chi connectivity index (χ1n) is 4.61. The van der Waals surface area contributed by atoms with Crippen LogP contribution >= 0.6 is 11.3 Å². The van der Waals surface area contributed by atoms with Gasteiger partial charge in [0.1, 0.15) is 0 Å². The summed E-state index contributed by atoms with van der Waals surface area (Å²) in [5.74, 6) is 0.0253. The van der Waals surface area contributed by atoms with E-state index in [2.05, 4.69) is 5.38 Å². The second-order valence-electron chi connectivity index (χ2n) is 3.46. The number of amides is 1. The number of carbonyl (C=O) groups is 1. The van der Waals surface area contributed by atoms with Crippen molar-refractivity contribution in [1.82, 2.24) is 4.90 Å². The van der Waals surface area contributed by atoms with Crippen LogP contribution in [0.5, 0.6) is 0 Å². The van der Waals surface area contributed by atoms with E-state index in [4.69, 9.17) is 5.73 Å². The highest BCUT2D eigenvalue weighted by molar-refractivity contribution is 7.07. The maximum atomic E-state index is 11.6. The van der Waals surface area contributed by atoms with Crippen LogP contribution in [0.3, 0.4) is 0 Å². The highest BCUT2D eigenvalue weighted by Crippen LogP contribution is 2.10. The van der Waals surface area contributed by atoms with Crippen molar-refractivity contribution in [3.63, 3.8) is 0 Å². The molecule has 3 nitrogen and oxygen atoms in total. The quantitative estimate of drug-likeness (QED) is 0.817. The van der Waals surface area contributed by atoms with E-state index in [-0.39, 0.29) is 11.8 Å². The number of hydrogen-bond acceptors (Lipinski definition) is 3. The first kappa shape index (κ1) is 11.2. The fraction of sp³-hybridized carbons (Fsp3) is 0.500. The predicted molar refractivity (Wildman–Crippen MR) is 59.0 cm³/mol. The zero-order valence-electron chi connectivity index (χ0n) is 8.56. The Morgan fingerprint density at radius 3 is 2.93 bits per heavy atom. The normalized spacial score (nSPS) is 12.5. The number of nitrogens with two attached hydrogens (primary N) is 1. The van der Waals surface area contributed by atoms with Crippen LogP contribution in [0.15, 0.2) is 16.8 Å². The predicted octanol–water partition coefficient (Wildman–Crippen LogP) is 1.30. The molecule has 1 atom stereocenters. The Bertz CT molecular complexity index is 284. The van der Waals surface area contributed by atoms with E-state index in [1.807, 2.05) is 25.4 Å². The summed E-state index contributed by atoms with van der Waals surface area (Å²) in [6.07, 6.45) is 0. The van der Waals surface area contributed by atoms with Crippen molar-refractivity contribution in [2.75, 3.05) is 13.6 Å². The molecule has 1 heterocycles. The molecule has 1 amide bonds. The van der Waals surface area contributed by atoms with Crippen molar-refractivity contribution in [1.29, 1.82) is 0 Å². The third-order valence-electron chi connectivity index (χ3n) is 2.15. The zero-order chi connectivity index (χ0) is 10.6. The molecule has 0 bridgehead atoms. The summed E-state index contributed by atoms with van der Waals surface area (Å²) in [4.78, 5) is 13.4. The number of nitrogens with zero attached hydrogens (tertiary/aromatic N) is 1. The molecule has 0 saturated carbocycles. The SMILES string of the molecule is CC(CN)C(=O)N(C)Cc1ccsc1. The second-order valence-corrected chi connectivity index (χ2v) is 4.24. The standard InChI is InChI=1S/C10H16N2OS/c1-8(5-11)10(13)12(2)6-9-3-4-14-7-9/h3-4,7-8H,5-6,11H2,1-2H3. The maximum Gasteiger partial charge on any atom is 0.226 e. The fourth-order valence-electron chi connectivity index (χ4n) is 1.21. The van der Waals surface area contributed by atoms with Crippen LogP contribution in [-0.4, -0.2) is 24.4 Å². The minimum atomic E-state index is -0.0846. The number of thiophene rings is 1. The largest absolute Gasteiger partial charge is 0.341 e. The van der Waals surface area contributed by atoms with E-state index in [0.29, 0.717) is 13.1 Å². The van der Waals surface area contributed by atoms with Crippen LogP contribution < -0.4 is 5.73 Å². The lowest BCUT2D eigenvalue weighted by atomic mass is 10.1. The van der Waals surface area contributed by atoms with E-state index in [0.717, 1.165) is 0 Å². The Labute approximate surface area is 88.5 Å². The van der Waals surface area contributed by atoms with Crippen LogP contribution in [0, 0.1) is 5.92 Å². The molecule has 0 spiro atoms. The van der Waals surface area contributed by atoms with Crippen molar-refractivity contribution >= 4 is 17.2 Å². The average Bonchev–Trinajstić information content (AvgIpc) is 2.68. The van der Waals surface area contributed by atoms with E-state index in [9.17, 15) is 4.79 Å². The first-order chi connectivity index (χ1) is 6.65. The van der Waals surface area contributed by atoms with Crippen LogP contribution in [-0.2, 0) is 11.3 Å². The second kappa shape index (κ2) is 5.12. The lowest BCUT2D eigenvalue weighted by molar-refractivity contribution is -0.133. The topological polar surface area (TPSA) is 46.3 Å². The number of hydrogen-bond donors (Lipinski definition) is 1. The van der Waals surface area contributed by atoms with Gasteiger partial charge in [-0.2, -0.15) is 11.3 Å². The molecule has 4 heteroatoms. The summed E-state index contributed by atoms with van der Waals surface area (Å²) in [5.41, 5.74) is 6.61. The van der Waals surface area contributed by atoms with Crippen molar-refractivity contribution in [3.8, 4) is 0 Å². The number of carbonyl (C=O) groups excluding carboxylic acids is 1. The Kier molecular flexibility index (Phi) is 4.10. The lowest BCUT2D eigenvalue weighted by Crippen LogP contribution is -2.34. The van der Waals surface area contributed by atoms with E-state index in [1.54, 1.807) is 16.2 Å². The van der Waals surface area contributed by atoms with Gasteiger partial charge in [-0.3, -0.25) is 4.79 Å². The molecule has 1 aromatic rings. The van der Waals surface area contributed by atoms with Crippen molar-refractivity contribution in [3.05, 3.63) is 22.4 Å². The van der Waals surface area contributed by atoms with Gasteiger partial charge in [0.15, 0.2) is 0 Å². The molecule has 0 aliphatic rings. The molecular formula is C10H16N2OS. The summed E-state index contributed by atoms with van der Waals surface area (Å²) in [5, 5.41) is 4.07. The summed E-state index contributed by atoms with van der Waals surface area (Å²) in [6.45, 7) is 2.94. The molecule has 1 aromatic heterocycles. The van der Waals surface area contributed by atoms with E-state index < -0.39 is 0 Å². The summed E-state index contributed by atoms with van der Waals surface area (Å²) < 4.78 is 0. The van der Waals surface area contributed by atoms with Crippen LogP contribution in [0.25, 0.3) is 0 Å². The van der Waals surface area contributed by atoms with Gasteiger partial charge >= 0.3 is 0 Å². The van der Waals surface area contributed by atoms with E-state index >= 15 is 0 Å². The zero-order valence-corrected chi connectivity index (χ0v) is 9.38. The average molecular weight is 212 g/mol. The molecule has 0 fully saturated rings. The molecule has 1 unspecified atom stereocenters. The van der Waals surface area contributed by atoms with Crippen LogP contribution in [0.1, 0.15) is 12.5 Å². The Morgan fingerprint density at radius 2 is 2.43 bits per heavy atom. The molecule has 2 N–H and O–H groups in total. The van der Waals surface area contributed by atoms with Gasteiger partial charge in [0.25, 0.3) is 0 Å². The molecule has 0 saturated heterocycles. The minimum absolute atomic E-state index is 0.0846. The molecule has 0 radical (unpaired) electrons. The smallest absolute Gasteiger partial charge is 0.226 e. The highest BCUT2D eigenvalue weighted by Gasteiger charge is 2.15. The molecule has 0 aliphatic heterocycles. The Balaban J connectivity index is 2.50. The third kappa shape index (κ3) is 2.82. The van der Waals surface area contributed by atoms with Gasteiger partial charge in [0.05, 0.1) is 0 Å². The maximum absolute atomic E-state index is 11.6. The first-order valence-corrected chi connectivity index (χ1v) is 5.55. The Morgan fingerprint density at radius 1 is 1.71 bits per heavy atom. The van der Waals surface area contributed by atoms with Gasteiger partial charge in [-0.05, 0) is 22.4 Å². The van der Waals surface area contributed by atoms with Gasteiger partial charge in [-0.25, -0.2) is 0 Å². The van der Waals surface area contributed by atoms with Crippen molar-refractivity contribution < 1.29 is 4.79 Å².